The number of phenolic OH excluding ortho intramolecular Hbond substituents is 1. The van der Waals surface area contributed by atoms with Gasteiger partial charge in [-0.1, -0.05) is 6.07 Å². The largest absolute Gasteiger partial charge is 0.507 e. The van der Waals surface area contributed by atoms with Crippen LogP contribution in [0.15, 0.2) is 28.4 Å². The van der Waals surface area contributed by atoms with Gasteiger partial charge >= 0.3 is 0 Å². The number of aromatic hydroxyl groups is 1. The average Bonchev–Trinajstić information content (AvgIpc) is 2.36. The number of nitrogens with zero attached hydrogens (tertiary/aromatic N) is 2. The van der Waals surface area contributed by atoms with Crippen molar-refractivity contribution in [2.75, 3.05) is 13.6 Å². The van der Waals surface area contributed by atoms with Gasteiger partial charge in [0, 0.05) is 12.6 Å². The number of phenols is 1. The summed E-state index contributed by atoms with van der Waals surface area (Å²) < 4.78 is 0.0595. The predicted octanol–water partition coefficient (Wildman–Crippen LogP) is 1.83. The van der Waals surface area contributed by atoms with Crippen molar-refractivity contribution in [3.8, 4) is 11.8 Å². The number of halogens is 1. The van der Waals surface area contributed by atoms with Gasteiger partial charge < -0.3 is 10.0 Å². The van der Waals surface area contributed by atoms with Crippen LogP contribution in [0.3, 0.4) is 0 Å². The molecule has 0 fully saturated rings. The molecule has 6 heteroatoms. The highest BCUT2D eigenvalue weighted by atomic mass is 79.9. The first kappa shape index (κ1) is 13.3. The average molecular weight is 321 g/mol. The van der Waals surface area contributed by atoms with Crippen LogP contribution in [0.1, 0.15) is 20.7 Å². The summed E-state index contributed by atoms with van der Waals surface area (Å²) in [4.78, 5) is 25.9. The summed E-state index contributed by atoms with van der Waals surface area (Å²) in [5.41, 5.74) is 0.270. The van der Waals surface area contributed by atoms with Gasteiger partial charge in [-0.25, -0.2) is 0 Å². The molecule has 5 nitrogen and oxygen atoms in total. The molecule has 0 aliphatic heterocycles. The van der Waals surface area contributed by atoms with E-state index in [2.05, 4.69) is 15.9 Å². The van der Waals surface area contributed by atoms with Gasteiger partial charge in [-0.2, -0.15) is 5.26 Å². The van der Waals surface area contributed by atoms with Gasteiger partial charge in [0.05, 0.1) is 16.1 Å². The number of carbonyl (C=O) groups excluding carboxylic acids is 2. The Balaban J connectivity index is 2.63. The van der Waals surface area contributed by atoms with Crippen LogP contribution in [-0.2, 0) is 0 Å². The number of carbonyl (C=O) groups is 2. The lowest BCUT2D eigenvalue weighted by atomic mass is 9.91. The molecule has 1 aromatic rings. The minimum absolute atomic E-state index is 0.00603. The van der Waals surface area contributed by atoms with Crippen LogP contribution >= 0.6 is 15.9 Å². The monoisotopic (exact) mass is 320 g/mol. The first-order chi connectivity index (χ1) is 8.99. The molecule has 96 valence electrons. The van der Waals surface area contributed by atoms with E-state index in [1.165, 1.54) is 23.1 Å². The number of ketones is 2. The molecule has 19 heavy (non-hydrogen) atoms. The molecular formula is C13H9BrN2O3. The van der Waals surface area contributed by atoms with Gasteiger partial charge in [-0.15, -0.1) is 0 Å². The summed E-state index contributed by atoms with van der Waals surface area (Å²) in [6.45, 7) is -0.0163. The molecule has 0 saturated heterocycles. The van der Waals surface area contributed by atoms with Crippen LogP contribution in [0.5, 0.6) is 5.75 Å². The summed E-state index contributed by atoms with van der Waals surface area (Å²) >= 11 is 3.08. The Hall–Kier alpha value is -2.13. The molecule has 1 N–H and O–H groups in total. The van der Waals surface area contributed by atoms with Crippen LogP contribution in [0.25, 0.3) is 0 Å². The third-order valence-electron chi connectivity index (χ3n) is 2.83. The maximum absolute atomic E-state index is 12.3. The summed E-state index contributed by atoms with van der Waals surface area (Å²) in [7, 11) is 1.55. The highest BCUT2D eigenvalue weighted by molar-refractivity contribution is 9.12. The number of fused-ring (bicyclic) bond motifs is 1. The molecule has 0 saturated carbocycles. The molecule has 0 amide bonds. The van der Waals surface area contributed by atoms with Gasteiger partial charge in [0.2, 0.25) is 11.6 Å². The van der Waals surface area contributed by atoms with Crippen LogP contribution in [-0.4, -0.2) is 35.2 Å². The van der Waals surface area contributed by atoms with E-state index in [1.807, 2.05) is 6.07 Å². The Labute approximate surface area is 117 Å². The third kappa shape index (κ3) is 2.02. The van der Waals surface area contributed by atoms with E-state index in [1.54, 1.807) is 7.05 Å². The van der Waals surface area contributed by atoms with Crippen molar-refractivity contribution in [3.63, 3.8) is 0 Å². The molecule has 1 aliphatic carbocycles. The molecule has 0 bridgehead atoms. The zero-order chi connectivity index (χ0) is 14.2. The summed E-state index contributed by atoms with van der Waals surface area (Å²) in [5, 5.41) is 18.4. The Morgan fingerprint density at radius 2 is 2.05 bits per heavy atom. The van der Waals surface area contributed by atoms with E-state index in [0.717, 1.165) is 0 Å². The molecular weight excluding hydrogens is 312 g/mol. The van der Waals surface area contributed by atoms with Crippen molar-refractivity contribution in [1.29, 1.82) is 5.26 Å². The Bertz CT molecular complexity index is 658. The molecule has 0 unspecified atom stereocenters. The van der Waals surface area contributed by atoms with Gasteiger partial charge in [-0.3, -0.25) is 9.59 Å². The van der Waals surface area contributed by atoms with Gasteiger partial charge in [0.25, 0.3) is 0 Å². The van der Waals surface area contributed by atoms with Crippen molar-refractivity contribution in [2.45, 2.75) is 0 Å². The van der Waals surface area contributed by atoms with Crippen molar-refractivity contribution in [3.05, 3.63) is 39.5 Å². The summed E-state index contributed by atoms with van der Waals surface area (Å²) in [5.74, 6) is -1.09. The van der Waals surface area contributed by atoms with Gasteiger partial charge in [-0.05, 0) is 28.1 Å². The van der Waals surface area contributed by atoms with Crippen molar-refractivity contribution in [1.82, 2.24) is 4.90 Å². The van der Waals surface area contributed by atoms with Crippen LogP contribution in [0.2, 0.25) is 0 Å². The fraction of sp³-hybridized carbons (Fsp3) is 0.154. The minimum atomic E-state index is -0.465. The lowest BCUT2D eigenvalue weighted by Gasteiger charge is -2.24. The summed E-state index contributed by atoms with van der Waals surface area (Å²) in [6.07, 6.45) is 0. The van der Waals surface area contributed by atoms with Crippen LogP contribution in [0, 0.1) is 11.3 Å². The van der Waals surface area contributed by atoms with E-state index >= 15 is 0 Å². The van der Waals surface area contributed by atoms with Crippen LogP contribution < -0.4 is 0 Å². The standard InChI is InChI=1S/C13H9BrN2O3/c1-16(6-5-15)11-10(14)13(19)9-7(12(11)18)3-2-4-8(9)17/h2-4,17H,6H2,1H3. The quantitative estimate of drug-likeness (QED) is 0.841. The molecule has 1 aromatic carbocycles. The Morgan fingerprint density at radius 3 is 2.68 bits per heavy atom. The number of rotatable bonds is 2. The molecule has 1 aliphatic rings. The predicted molar refractivity (Wildman–Crippen MR) is 71.0 cm³/mol. The van der Waals surface area contributed by atoms with Crippen LogP contribution in [0.4, 0.5) is 0 Å². The molecule has 2 rings (SSSR count). The zero-order valence-corrected chi connectivity index (χ0v) is 11.6. The number of benzene rings is 1. The summed E-state index contributed by atoms with van der Waals surface area (Å²) in [6, 6.07) is 6.25. The Morgan fingerprint density at radius 1 is 1.37 bits per heavy atom. The van der Waals surface area contributed by atoms with E-state index in [4.69, 9.17) is 5.26 Å². The molecule has 0 radical (unpaired) electrons. The Kier molecular flexibility index (Phi) is 3.40. The minimum Gasteiger partial charge on any atom is -0.507 e. The number of hydrogen-bond acceptors (Lipinski definition) is 5. The number of allylic oxidation sites excluding steroid dienone is 2. The number of likely N-dealkylation sites (N-methyl/N-ethyl adjacent to an activating group) is 1. The van der Waals surface area contributed by atoms with E-state index < -0.39 is 11.6 Å². The smallest absolute Gasteiger partial charge is 0.211 e. The third-order valence-corrected chi connectivity index (χ3v) is 3.56. The number of Topliss-reactive ketones (excluding diaryl/α,β-unsaturated/α-hetero) is 2. The molecule has 0 spiro atoms. The maximum Gasteiger partial charge on any atom is 0.211 e. The first-order valence-electron chi connectivity index (χ1n) is 5.38. The maximum atomic E-state index is 12.3. The van der Waals surface area contributed by atoms with E-state index in [9.17, 15) is 14.7 Å². The second-order valence-corrected chi connectivity index (χ2v) is 4.83. The topological polar surface area (TPSA) is 81.4 Å². The van der Waals surface area contributed by atoms with E-state index in [-0.39, 0.29) is 33.6 Å². The van der Waals surface area contributed by atoms with Gasteiger partial charge in [0.1, 0.15) is 18.0 Å². The lowest BCUT2D eigenvalue weighted by molar-refractivity contribution is 0.0955. The SMILES string of the molecule is CN(CC#N)C1=C(Br)C(=O)c2c(O)cccc2C1=O. The van der Waals surface area contributed by atoms with Crippen molar-refractivity contribution < 1.29 is 14.7 Å². The second-order valence-electron chi connectivity index (χ2n) is 4.03. The lowest BCUT2D eigenvalue weighted by Crippen LogP contribution is -2.30. The molecule has 0 aromatic heterocycles. The zero-order valence-electron chi connectivity index (χ0n) is 9.98. The fourth-order valence-electron chi connectivity index (χ4n) is 1.94. The van der Waals surface area contributed by atoms with E-state index in [0.29, 0.717) is 0 Å². The highest BCUT2D eigenvalue weighted by Gasteiger charge is 2.34. The van der Waals surface area contributed by atoms with Crippen molar-refractivity contribution in [2.24, 2.45) is 0 Å². The number of nitriles is 1. The molecule has 0 heterocycles. The number of hydrogen-bond donors (Lipinski definition) is 1. The van der Waals surface area contributed by atoms with Gasteiger partial charge in [0.15, 0.2) is 0 Å². The van der Waals surface area contributed by atoms with Crippen molar-refractivity contribution >= 4 is 27.5 Å². The fourth-order valence-corrected chi connectivity index (χ4v) is 2.62. The highest BCUT2D eigenvalue weighted by Crippen LogP contribution is 2.35. The first-order valence-corrected chi connectivity index (χ1v) is 6.17. The normalized spacial score (nSPS) is 14.2. The second kappa shape index (κ2) is 4.86. The molecule has 0 atom stereocenters.